The molecule has 29 heavy (non-hydrogen) atoms. The van der Waals surface area contributed by atoms with E-state index in [-0.39, 0.29) is 29.6 Å². The molecule has 0 aromatic heterocycles. The highest BCUT2D eigenvalue weighted by molar-refractivity contribution is 5.94. The van der Waals surface area contributed by atoms with Gasteiger partial charge in [-0.1, -0.05) is 12.1 Å². The van der Waals surface area contributed by atoms with Crippen LogP contribution in [-0.4, -0.2) is 31.3 Å². The van der Waals surface area contributed by atoms with E-state index < -0.39 is 0 Å². The second kappa shape index (κ2) is 8.17. The van der Waals surface area contributed by atoms with Crippen molar-refractivity contribution in [3.63, 3.8) is 0 Å². The summed E-state index contributed by atoms with van der Waals surface area (Å²) in [7, 11) is 1.60. The molecule has 0 aliphatic heterocycles. The van der Waals surface area contributed by atoms with Crippen LogP contribution < -0.4 is 16.0 Å². The van der Waals surface area contributed by atoms with E-state index in [1.165, 1.54) is 19.3 Å². The monoisotopic (exact) mass is 397 g/mol. The third kappa shape index (κ3) is 4.31. The molecule has 4 bridgehead atoms. The van der Waals surface area contributed by atoms with Crippen molar-refractivity contribution < 1.29 is 14.4 Å². The van der Waals surface area contributed by atoms with E-state index >= 15 is 0 Å². The highest BCUT2D eigenvalue weighted by Gasteiger charge is 2.54. The van der Waals surface area contributed by atoms with E-state index in [0.717, 1.165) is 42.6 Å². The minimum absolute atomic E-state index is 0.0776. The predicted molar refractivity (Wildman–Crippen MR) is 110 cm³/mol. The summed E-state index contributed by atoms with van der Waals surface area (Å²) in [6.07, 6.45) is 7.38. The number of carbonyl (C=O) groups excluding carboxylic acids is 3. The van der Waals surface area contributed by atoms with Crippen LogP contribution in [0.25, 0.3) is 0 Å². The van der Waals surface area contributed by atoms with Crippen molar-refractivity contribution in [1.29, 1.82) is 0 Å². The summed E-state index contributed by atoms with van der Waals surface area (Å²) < 4.78 is 0. The van der Waals surface area contributed by atoms with Gasteiger partial charge in [-0.05, 0) is 74.0 Å². The lowest BCUT2D eigenvalue weighted by molar-refractivity contribution is -0.146. The fourth-order valence-electron chi connectivity index (χ4n) is 6.07. The Labute approximate surface area is 172 Å². The Kier molecular flexibility index (Phi) is 5.61. The molecule has 0 spiro atoms. The minimum atomic E-state index is -0.155. The molecule has 5 rings (SSSR count). The summed E-state index contributed by atoms with van der Waals surface area (Å²) in [5.74, 6) is 2.19. The van der Waals surface area contributed by atoms with Crippen LogP contribution in [0, 0.1) is 23.2 Å². The number of rotatable bonds is 7. The lowest BCUT2D eigenvalue weighted by atomic mass is 9.49. The van der Waals surface area contributed by atoms with Crippen LogP contribution in [0.1, 0.15) is 60.9 Å². The van der Waals surface area contributed by atoms with Gasteiger partial charge < -0.3 is 16.0 Å². The number of amides is 3. The molecule has 4 saturated carbocycles. The molecule has 156 valence electrons. The van der Waals surface area contributed by atoms with Gasteiger partial charge >= 0.3 is 0 Å². The highest BCUT2D eigenvalue weighted by Crippen LogP contribution is 2.60. The fraction of sp³-hybridized carbons (Fsp3) is 0.609. The Morgan fingerprint density at radius 3 is 2.07 bits per heavy atom. The number of carbonyl (C=O) groups is 3. The smallest absolute Gasteiger partial charge is 0.251 e. The zero-order chi connectivity index (χ0) is 20.4. The lowest BCUT2D eigenvalue weighted by Gasteiger charge is -2.55. The van der Waals surface area contributed by atoms with Gasteiger partial charge in [-0.2, -0.15) is 0 Å². The number of hydrogen-bond acceptors (Lipinski definition) is 3. The molecule has 0 radical (unpaired) electrons. The van der Waals surface area contributed by atoms with Crippen LogP contribution >= 0.6 is 0 Å². The first-order chi connectivity index (χ1) is 14.0. The molecule has 1 aromatic carbocycles. The summed E-state index contributed by atoms with van der Waals surface area (Å²) in [6, 6.07) is 7.15. The van der Waals surface area contributed by atoms with Crippen LogP contribution in [-0.2, 0) is 16.1 Å². The maximum atomic E-state index is 12.9. The number of nitrogens with one attached hydrogen (secondary N) is 3. The molecular formula is C23H31N3O3. The highest BCUT2D eigenvalue weighted by atomic mass is 16.2. The molecule has 6 nitrogen and oxygen atoms in total. The summed E-state index contributed by atoms with van der Waals surface area (Å²) >= 11 is 0. The van der Waals surface area contributed by atoms with Gasteiger partial charge in [-0.15, -0.1) is 0 Å². The Balaban J connectivity index is 1.19. The molecule has 0 heterocycles. The molecule has 4 aliphatic carbocycles. The largest absolute Gasteiger partial charge is 0.355 e. The molecule has 0 atom stereocenters. The summed E-state index contributed by atoms with van der Waals surface area (Å²) in [4.78, 5) is 36.6. The summed E-state index contributed by atoms with van der Waals surface area (Å²) in [5.41, 5.74) is 1.37. The van der Waals surface area contributed by atoms with Crippen LogP contribution in [0.3, 0.4) is 0 Å². The van der Waals surface area contributed by atoms with Gasteiger partial charge in [-0.25, -0.2) is 0 Å². The Hall–Kier alpha value is -2.37. The molecule has 0 saturated heterocycles. The lowest BCUT2D eigenvalue weighted by Crippen LogP contribution is -2.53. The number of hydrogen-bond donors (Lipinski definition) is 3. The van der Waals surface area contributed by atoms with Gasteiger partial charge in [0.2, 0.25) is 11.8 Å². The molecule has 3 amide bonds. The van der Waals surface area contributed by atoms with Crippen LogP contribution in [0.4, 0.5) is 0 Å². The average Bonchev–Trinajstić information content (AvgIpc) is 2.71. The van der Waals surface area contributed by atoms with E-state index in [1.54, 1.807) is 19.2 Å². The first-order valence-corrected chi connectivity index (χ1v) is 10.8. The molecular weight excluding hydrogens is 366 g/mol. The Bertz CT molecular complexity index is 752. The standard InChI is InChI=1S/C23H31N3O3/c1-24-21(28)19-4-2-15(3-5-19)14-26-20(27)6-7-25-22(29)23-11-16-8-17(12-23)10-18(9-16)13-23/h2-5,16-18H,6-14H2,1H3,(H,24,28)(H,25,29)(H,26,27). The van der Waals surface area contributed by atoms with Crippen molar-refractivity contribution >= 4 is 17.7 Å². The number of benzene rings is 1. The van der Waals surface area contributed by atoms with E-state index in [0.29, 0.717) is 18.7 Å². The van der Waals surface area contributed by atoms with Crippen molar-refractivity contribution in [3.05, 3.63) is 35.4 Å². The summed E-state index contributed by atoms with van der Waals surface area (Å²) in [5, 5.41) is 8.51. The molecule has 6 heteroatoms. The maximum absolute atomic E-state index is 12.9. The fourth-order valence-corrected chi connectivity index (χ4v) is 6.07. The zero-order valence-electron chi connectivity index (χ0n) is 17.1. The van der Waals surface area contributed by atoms with E-state index in [4.69, 9.17) is 0 Å². The van der Waals surface area contributed by atoms with E-state index in [1.807, 2.05) is 12.1 Å². The Morgan fingerprint density at radius 2 is 1.52 bits per heavy atom. The summed E-state index contributed by atoms with van der Waals surface area (Å²) in [6.45, 7) is 0.803. The van der Waals surface area contributed by atoms with Gasteiger partial charge in [0.15, 0.2) is 0 Å². The van der Waals surface area contributed by atoms with Crippen molar-refractivity contribution in [1.82, 2.24) is 16.0 Å². The topological polar surface area (TPSA) is 87.3 Å². The third-order valence-corrected chi connectivity index (χ3v) is 7.09. The Morgan fingerprint density at radius 1 is 0.931 bits per heavy atom. The molecule has 1 aromatic rings. The first kappa shape index (κ1) is 19.9. The van der Waals surface area contributed by atoms with Gasteiger partial charge in [0.25, 0.3) is 5.91 Å². The van der Waals surface area contributed by atoms with E-state index in [9.17, 15) is 14.4 Å². The SMILES string of the molecule is CNC(=O)c1ccc(CNC(=O)CCNC(=O)C23CC4CC(CC(C4)C2)C3)cc1. The molecule has 4 aliphatic rings. The van der Waals surface area contributed by atoms with Gasteiger partial charge in [0.05, 0.1) is 0 Å². The van der Waals surface area contributed by atoms with Gasteiger partial charge in [0.1, 0.15) is 0 Å². The van der Waals surface area contributed by atoms with Gasteiger partial charge in [0, 0.05) is 37.5 Å². The minimum Gasteiger partial charge on any atom is -0.355 e. The maximum Gasteiger partial charge on any atom is 0.251 e. The van der Waals surface area contributed by atoms with Crippen LogP contribution in [0.2, 0.25) is 0 Å². The first-order valence-electron chi connectivity index (χ1n) is 10.8. The average molecular weight is 398 g/mol. The molecule has 0 unspecified atom stereocenters. The van der Waals surface area contributed by atoms with Gasteiger partial charge in [-0.3, -0.25) is 14.4 Å². The van der Waals surface area contributed by atoms with Crippen molar-refractivity contribution in [2.24, 2.45) is 23.2 Å². The molecule has 4 fully saturated rings. The van der Waals surface area contributed by atoms with E-state index in [2.05, 4.69) is 16.0 Å². The van der Waals surface area contributed by atoms with Crippen LogP contribution in [0.15, 0.2) is 24.3 Å². The second-order valence-electron chi connectivity index (χ2n) is 9.26. The van der Waals surface area contributed by atoms with Crippen molar-refractivity contribution in [2.75, 3.05) is 13.6 Å². The van der Waals surface area contributed by atoms with Crippen molar-refractivity contribution in [2.45, 2.75) is 51.5 Å². The second-order valence-corrected chi connectivity index (χ2v) is 9.26. The predicted octanol–water partition coefficient (Wildman–Crippen LogP) is 2.39. The molecule has 3 N–H and O–H groups in total. The zero-order valence-corrected chi connectivity index (χ0v) is 17.1. The normalized spacial score (nSPS) is 29.3. The van der Waals surface area contributed by atoms with Crippen LogP contribution in [0.5, 0.6) is 0 Å². The quantitative estimate of drug-likeness (QED) is 0.660. The third-order valence-electron chi connectivity index (χ3n) is 7.09. The van der Waals surface area contributed by atoms with Crippen molar-refractivity contribution in [3.8, 4) is 0 Å².